The fourth-order valence-corrected chi connectivity index (χ4v) is 3.09. The molecule has 0 amide bonds. The number of ether oxygens (including phenoxy) is 1. The Morgan fingerprint density at radius 1 is 1.53 bits per heavy atom. The van der Waals surface area contributed by atoms with E-state index in [4.69, 9.17) is 14.8 Å². The lowest BCUT2D eigenvalue weighted by Crippen LogP contribution is -2.45. The molecule has 0 aliphatic carbocycles. The Kier molecular flexibility index (Phi) is 3.72. The Labute approximate surface area is 100 Å². The van der Waals surface area contributed by atoms with Crippen LogP contribution in [0.1, 0.15) is 12.8 Å². The molecular weight excluding hydrogens is 225 g/mol. The molecule has 2 aliphatic rings. The SMILES string of the molecule is O=C(O)[C@H]1NC[C@@H]2COC[C@@]21CCCB(O)O. The van der Waals surface area contributed by atoms with Crippen molar-refractivity contribution in [3.8, 4) is 0 Å². The van der Waals surface area contributed by atoms with Crippen LogP contribution in [-0.4, -0.2) is 54.0 Å². The third-order valence-electron chi connectivity index (χ3n) is 4.00. The Morgan fingerprint density at radius 2 is 2.29 bits per heavy atom. The number of aliphatic carboxylic acids is 1. The molecule has 4 N–H and O–H groups in total. The van der Waals surface area contributed by atoms with E-state index in [1.165, 1.54) is 0 Å². The second-order valence-corrected chi connectivity index (χ2v) is 5.00. The van der Waals surface area contributed by atoms with E-state index in [1.807, 2.05) is 0 Å². The van der Waals surface area contributed by atoms with Crippen molar-refractivity contribution in [2.24, 2.45) is 11.3 Å². The molecular formula is C10H18BNO5. The summed E-state index contributed by atoms with van der Waals surface area (Å²) in [4.78, 5) is 11.2. The van der Waals surface area contributed by atoms with E-state index >= 15 is 0 Å². The highest BCUT2D eigenvalue weighted by Crippen LogP contribution is 2.45. The van der Waals surface area contributed by atoms with E-state index in [2.05, 4.69) is 5.32 Å². The number of nitrogens with one attached hydrogen (secondary N) is 1. The lowest BCUT2D eigenvalue weighted by atomic mass is 9.70. The molecule has 96 valence electrons. The summed E-state index contributed by atoms with van der Waals surface area (Å²) in [6.07, 6.45) is 1.53. The topological polar surface area (TPSA) is 99.0 Å². The van der Waals surface area contributed by atoms with Gasteiger partial charge in [0.15, 0.2) is 0 Å². The van der Waals surface area contributed by atoms with Gasteiger partial charge in [0, 0.05) is 17.9 Å². The third kappa shape index (κ3) is 2.33. The zero-order valence-corrected chi connectivity index (χ0v) is 9.63. The molecule has 0 saturated carbocycles. The third-order valence-corrected chi connectivity index (χ3v) is 4.00. The van der Waals surface area contributed by atoms with Gasteiger partial charge < -0.3 is 25.2 Å². The maximum Gasteiger partial charge on any atom is 0.451 e. The summed E-state index contributed by atoms with van der Waals surface area (Å²) < 4.78 is 5.42. The van der Waals surface area contributed by atoms with Crippen LogP contribution in [0.2, 0.25) is 6.32 Å². The van der Waals surface area contributed by atoms with Gasteiger partial charge in [0.2, 0.25) is 0 Å². The smallest absolute Gasteiger partial charge is 0.451 e. The Bertz CT molecular complexity index is 300. The van der Waals surface area contributed by atoms with Gasteiger partial charge in [-0.25, -0.2) is 0 Å². The number of hydrogen-bond donors (Lipinski definition) is 4. The number of carbonyl (C=O) groups is 1. The van der Waals surface area contributed by atoms with Crippen LogP contribution in [0.15, 0.2) is 0 Å². The van der Waals surface area contributed by atoms with Gasteiger partial charge in [-0.2, -0.15) is 0 Å². The van der Waals surface area contributed by atoms with Crippen LogP contribution in [0.5, 0.6) is 0 Å². The molecule has 0 radical (unpaired) electrons. The van der Waals surface area contributed by atoms with Crippen LogP contribution in [0.25, 0.3) is 0 Å². The summed E-state index contributed by atoms with van der Waals surface area (Å²) in [5, 5.41) is 29.9. The summed E-state index contributed by atoms with van der Waals surface area (Å²) in [6, 6.07) is -0.578. The second-order valence-electron chi connectivity index (χ2n) is 5.00. The minimum atomic E-state index is -1.31. The summed E-state index contributed by atoms with van der Waals surface area (Å²) in [5.74, 6) is -0.623. The van der Waals surface area contributed by atoms with Crippen LogP contribution in [-0.2, 0) is 9.53 Å². The van der Waals surface area contributed by atoms with Gasteiger partial charge in [0.1, 0.15) is 6.04 Å². The predicted molar refractivity (Wildman–Crippen MR) is 60.4 cm³/mol. The van der Waals surface area contributed by atoms with Gasteiger partial charge in [-0.1, -0.05) is 6.42 Å². The minimum Gasteiger partial charge on any atom is -0.480 e. The van der Waals surface area contributed by atoms with E-state index in [1.54, 1.807) is 0 Å². The average molecular weight is 243 g/mol. The van der Waals surface area contributed by atoms with Gasteiger partial charge in [-0.15, -0.1) is 0 Å². The molecule has 0 aromatic carbocycles. The van der Waals surface area contributed by atoms with Crippen LogP contribution >= 0.6 is 0 Å². The first-order valence-electron chi connectivity index (χ1n) is 5.96. The molecule has 17 heavy (non-hydrogen) atoms. The first-order valence-corrected chi connectivity index (χ1v) is 5.96. The van der Waals surface area contributed by atoms with Gasteiger partial charge in [0.05, 0.1) is 13.2 Å². The number of rotatable bonds is 5. The maximum atomic E-state index is 11.2. The molecule has 0 aromatic rings. The molecule has 2 heterocycles. The molecule has 2 saturated heterocycles. The summed E-state index contributed by atoms with van der Waals surface area (Å²) in [7, 11) is -1.31. The van der Waals surface area contributed by atoms with Gasteiger partial charge in [-0.3, -0.25) is 4.79 Å². The average Bonchev–Trinajstić information content (AvgIpc) is 2.73. The van der Waals surface area contributed by atoms with E-state index in [9.17, 15) is 9.90 Å². The monoisotopic (exact) mass is 243 g/mol. The first-order chi connectivity index (χ1) is 8.06. The Balaban J connectivity index is 2.03. The maximum absolute atomic E-state index is 11.2. The van der Waals surface area contributed by atoms with Gasteiger partial charge >= 0.3 is 13.1 Å². The Morgan fingerprint density at radius 3 is 2.94 bits per heavy atom. The highest BCUT2D eigenvalue weighted by Gasteiger charge is 2.56. The van der Waals surface area contributed by atoms with Crippen LogP contribution in [0.3, 0.4) is 0 Å². The highest BCUT2D eigenvalue weighted by molar-refractivity contribution is 6.40. The first kappa shape index (κ1) is 12.8. The number of carboxylic acids is 1. The quantitative estimate of drug-likeness (QED) is 0.459. The van der Waals surface area contributed by atoms with Crippen molar-refractivity contribution in [2.75, 3.05) is 19.8 Å². The normalized spacial score (nSPS) is 35.9. The summed E-state index contributed by atoms with van der Waals surface area (Å²) in [6.45, 7) is 1.71. The van der Waals surface area contributed by atoms with Crippen molar-refractivity contribution in [1.29, 1.82) is 0 Å². The number of hydrogen-bond acceptors (Lipinski definition) is 5. The molecule has 0 spiro atoms. The summed E-state index contributed by atoms with van der Waals surface area (Å²) >= 11 is 0. The fraction of sp³-hybridized carbons (Fsp3) is 0.900. The van der Waals surface area contributed by atoms with E-state index in [-0.39, 0.29) is 17.7 Å². The second kappa shape index (κ2) is 4.93. The molecule has 3 atom stereocenters. The van der Waals surface area contributed by atoms with Crippen LogP contribution < -0.4 is 5.32 Å². The number of fused-ring (bicyclic) bond motifs is 1. The van der Waals surface area contributed by atoms with Crippen molar-refractivity contribution < 1.29 is 24.7 Å². The molecule has 2 aliphatic heterocycles. The molecule has 6 nitrogen and oxygen atoms in total. The van der Waals surface area contributed by atoms with Gasteiger partial charge in [-0.05, 0) is 12.7 Å². The summed E-state index contributed by atoms with van der Waals surface area (Å²) in [5.41, 5.74) is -0.374. The fourth-order valence-electron chi connectivity index (χ4n) is 3.09. The van der Waals surface area contributed by atoms with Crippen molar-refractivity contribution in [3.63, 3.8) is 0 Å². The highest BCUT2D eigenvalue weighted by atomic mass is 16.5. The lowest BCUT2D eigenvalue weighted by molar-refractivity contribution is -0.142. The molecule has 0 aromatic heterocycles. The van der Waals surface area contributed by atoms with E-state index in [0.29, 0.717) is 32.6 Å². The van der Waals surface area contributed by atoms with Crippen molar-refractivity contribution >= 4 is 13.1 Å². The van der Waals surface area contributed by atoms with Crippen molar-refractivity contribution in [1.82, 2.24) is 5.32 Å². The van der Waals surface area contributed by atoms with E-state index < -0.39 is 19.1 Å². The van der Waals surface area contributed by atoms with Crippen LogP contribution in [0, 0.1) is 11.3 Å². The van der Waals surface area contributed by atoms with Crippen LogP contribution in [0.4, 0.5) is 0 Å². The molecule has 0 bridgehead atoms. The molecule has 7 heteroatoms. The largest absolute Gasteiger partial charge is 0.480 e. The standard InChI is InChI=1S/C10H18BNO5/c13-9(14)8-10(2-1-3-11(15)16)6-17-5-7(10)4-12-8/h7-8,12,15-16H,1-6H2,(H,13,14)/t7-,8-,10+/m1/s1. The van der Waals surface area contributed by atoms with Crippen molar-refractivity contribution in [2.45, 2.75) is 25.2 Å². The predicted octanol–water partition coefficient (Wildman–Crippen LogP) is -1.07. The molecule has 2 fully saturated rings. The number of carboxylic acid groups (broad SMARTS) is 1. The zero-order valence-electron chi connectivity index (χ0n) is 9.63. The minimum absolute atomic E-state index is 0.222. The zero-order chi connectivity index (χ0) is 12.5. The molecule has 2 rings (SSSR count). The Hall–Kier alpha value is -0.625. The van der Waals surface area contributed by atoms with Crippen molar-refractivity contribution in [3.05, 3.63) is 0 Å². The molecule has 0 unspecified atom stereocenters. The lowest BCUT2D eigenvalue weighted by Gasteiger charge is -2.31. The van der Waals surface area contributed by atoms with Gasteiger partial charge in [0.25, 0.3) is 0 Å². The van der Waals surface area contributed by atoms with E-state index in [0.717, 1.165) is 0 Å².